The van der Waals surface area contributed by atoms with Gasteiger partial charge in [-0.25, -0.2) is 4.39 Å². The summed E-state index contributed by atoms with van der Waals surface area (Å²) in [5.74, 6) is -2.16. The summed E-state index contributed by atoms with van der Waals surface area (Å²) in [5, 5.41) is 14.4. The predicted octanol–water partition coefficient (Wildman–Crippen LogP) is 2.65. The summed E-state index contributed by atoms with van der Waals surface area (Å²) in [6.45, 7) is 3.37. The van der Waals surface area contributed by atoms with Crippen LogP contribution in [0.1, 0.15) is 26.7 Å². The number of benzene rings is 1. The molecule has 1 rings (SSSR count). The molecule has 116 valence electrons. The van der Waals surface area contributed by atoms with Gasteiger partial charge in [0.15, 0.2) is 0 Å². The van der Waals surface area contributed by atoms with E-state index in [2.05, 4.69) is 10.6 Å². The Morgan fingerprint density at radius 1 is 1.43 bits per heavy atom. The predicted molar refractivity (Wildman–Crippen MR) is 79.0 cm³/mol. The molecule has 0 saturated heterocycles. The van der Waals surface area contributed by atoms with Crippen molar-refractivity contribution in [3.05, 3.63) is 29.0 Å². The molecule has 0 heterocycles. The van der Waals surface area contributed by atoms with Gasteiger partial charge in [0.2, 0.25) is 5.91 Å². The van der Waals surface area contributed by atoms with Gasteiger partial charge in [0.1, 0.15) is 11.9 Å². The van der Waals surface area contributed by atoms with Gasteiger partial charge in [-0.3, -0.25) is 14.9 Å². The molecule has 1 amide bonds. The number of carbonyl (C=O) groups excluding carboxylic acids is 1. The third-order valence-corrected chi connectivity index (χ3v) is 3.14. The van der Waals surface area contributed by atoms with Gasteiger partial charge in [0.25, 0.3) is 0 Å². The zero-order valence-electron chi connectivity index (χ0n) is 11.8. The number of rotatable bonds is 7. The number of carboxylic acid groups (broad SMARTS) is 1. The average molecular weight is 317 g/mol. The first kappa shape index (κ1) is 17.4. The van der Waals surface area contributed by atoms with E-state index in [9.17, 15) is 14.0 Å². The Kier molecular flexibility index (Phi) is 6.58. The molecule has 5 nitrogen and oxygen atoms in total. The van der Waals surface area contributed by atoms with Crippen LogP contribution in [0.5, 0.6) is 0 Å². The standard InChI is InChI=1S/C14H18ClFN2O3/c1-3-4-11(14(20)21)17-8(2)13(19)18-12-7-9(15)5-6-10(12)16/h5-8,11,17H,3-4H2,1-2H3,(H,18,19)(H,20,21). The van der Waals surface area contributed by atoms with E-state index in [0.717, 1.165) is 6.07 Å². The number of aliphatic carboxylic acids is 1. The highest BCUT2D eigenvalue weighted by atomic mass is 35.5. The Morgan fingerprint density at radius 2 is 2.10 bits per heavy atom. The fourth-order valence-corrected chi connectivity index (χ4v) is 1.95. The minimum atomic E-state index is -1.02. The van der Waals surface area contributed by atoms with Gasteiger partial charge in [-0.2, -0.15) is 0 Å². The smallest absolute Gasteiger partial charge is 0.320 e. The largest absolute Gasteiger partial charge is 0.480 e. The van der Waals surface area contributed by atoms with Crippen LogP contribution in [0.3, 0.4) is 0 Å². The number of nitrogens with one attached hydrogen (secondary N) is 2. The van der Waals surface area contributed by atoms with Crippen molar-refractivity contribution in [3.8, 4) is 0 Å². The van der Waals surface area contributed by atoms with Crippen molar-refractivity contribution in [2.24, 2.45) is 0 Å². The molecule has 0 radical (unpaired) electrons. The van der Waals surface area contributed by atoms with Crippen molar-refractivity contribution in [3.63, 3.8) is 0 Å². The lowest BCUT2D eigenvalue weighted by Gasteiger charge is -2.19. The zero-order valence-corrected chi connectivity index (χ0v) is 12.6. The van der Waals surface area contributed by atoms with Gasteiger partial charge in [0.05, 0.1) is 11.7 Å². The monoisotopic (exact) mass is 316 g/mol. The van der Waals surface area contributed by atoms with E-state index in [4.69, 9.17) is 16.7 Å². The Bertz CT molecular complexity index is 525. The first-order valence-electron chi connectivity index (χ1n) is 6.60. The fourth-order valence-electron chi connectivity index (χ4n) is 1.78. The number of anilines is 1. The van der Waals surface area contributed by atoms with Crippen molar-refractivity contribution >= 4 is 29.2 Å². The van der Waals surface area contributed by atoms with Crippen LogP contribution < -0.4 is 10.6 Å². The van der Waals surface area contributed by atoms with Crippen molar-refractivity contribution < 1.29 is 19.1 Å². The SMILES string of the molecule is CCCC(NC(C)C(=O)Nc1cc(Cl)ccc1F)C(=O)O. The number of hydrogen-bond acceptors (Lipinski definition) is 3. The summed E-state index contributed by atoms with van der Waals surface area (Å²) in [6, 6.07) is 2.21. The minimum absolute atomic E-state index is 0.0384. The minimum Gasteiger partial charge on any atom is -0.480 e. The van der Waals surface area contributed by atoms with Gasteiger partial charge in [-0.15, -0.1) is 0 Å². The Morgan fingerprint density at radius 3 is 2.67 bits per heavy atom. The summed E-state index contributed by atoms with van der Waals surface area (Å²) >= 11 is 5.74. The quantitative estimate of drug-likeness (QED) is 0.722. The van der Waals surface area contributed by atoms with Gasteiger partial charge in [0, 0.05) is 5.02 Å². The van der Waals surface area contributed by atoms with E-state index >= 15 is 0 Å². The van der Waals surface area contributed by atoms with E-state index in [-0.39, 0.29) is 5.69 Å². The topological polar surface area (TPSA) is 78.4 Å². The lowest BCUT2D eigenvalue weighted by atomic mass is 10.1. The summed E-state index contributed by atoms with van der Waals surface area (Å²) in [4.78, 5) is 23.0. The maximum atomic E-state index is 13.5. The molecule has 2 unspecified atom stereocenters. The molecule has 0 aliphatic rings. The van der Waals surface area contributed by atoms with Crippen LogP contribution in [0, 0.1) is 5.82 Å². The first-order valence-corrected chi connectivity index (χ1v) is 6.97. The number of halogens is 2. The van der Waals surface area contributed by atoms with Crippen molar-refractivity contribution in [1.29, 1.82) is 0 Å². The second-order valence-corrected chi connectivity index (χ2v) is 5.12. The molecule has 0 aliphatic carbocycles. The molecular formula is C14H18ClFN2O3. The Labute approximate surface area is 127 Å². The van der Waals surface area contributed by atoms with Gasteiger partial charge < -0.3 is 10.4 Å². The summed E-state index contributed by atoms with van der Waals surface area (Å²) in [7, 11) is 0. The molecule has 2 atom stereocenters. The van der Waals surface area contributed by atoms with Crippen LogP contribution in [0.2, 0.25) is 5.02 Å². The summed E-state index contributed by atoms with van der Waals surface area (Å²) in [6.07, 6.45) is 1.07. The van der Waals surface area contributed by atoms with E-state index in [0.29, 0.717) is 17.9 Å². The van der Waals surface area contributed by atoms with E-state index in [1.165, 1.54) is 19.1 Å². The van der Waals surface area contributed by atoms with Crippen LogP contribution in [-0.4, -0.2) is 29.1 Å². The number of carbonyl (C=O) groups is 2. The third kappa shape index (κ3) is 5.32. The second kappa shape index (κ2) is 7.95. The number of carboxylic acids is 1. The summed E-state index contributed by atoms with van der Waals surface area (Å²) < 4.78 is 13.5. The molecular weight excluding hydrogens is 299 g/mol. The molecule has 21 heavy (non-hydrogen) atoms. The average Bonchev–Trinajstić information content (AvgIpc) is 2.42. The van der Waals surface area contributed by atoms with E-state index in [1.54, 1.807) is 0 Å². The normalized spacial score (nSPS) is 13.5. The van der Waals surface area contributed by atoms with Crippen molar-refractivity contribution in [2.45, 2.75) is 38.8 Å². The molecule has 0 bridgehead atoms. The molecule has 1 aromatic carbocycles. The molecule has 0 fully saturated rings. The van der Waals surface area contributed by atoms with E-state index < -0.39 is 29.8 Å². The molecule has 0 aliphatic heterocycles. The van der Waals surface area contributed by atoms with Crippen LogP contribution in [0.25, 0.3) is 0 Å². The van der Waals surface area contributed by atoms with Gasteiger partial charge >= 0.3 is 5.97 Å². The lowest BCUT2D eigenvalue weighted by Crippen LogP contribution is -2.47. The molecule has 3 N–H and O–H groups in total. The Hall–Kier alpha value is -1.66. The van der Waals surface area contributed by atoms with Crippen LogP contribution >= 0.6 is 11.6 Å². The van der Waals surface area contributed by atoms with Crippen LogP contribution in [0.4, 0.5) is 10.1 Å². The van der Waals surface area contributed by atoms with Crippen LogP contribution in [-0.2, 0) is 9.59 Å². The van der Waals surface area contributed by atoms with Crippen molar-refractivity contribution in [2.75, 3.05) is 5.32 Å². The zero-order chi connectivity index (χ0) is 16.0. The lowest BCUT2D eigenvalue weighted by molar-refractivity contribution is -0.140. The fraction of sp³-hybridized carbons (Fsp3) is 0.429. The molecule has 0 spiro atoms. The van der Waals surface area contributed by atoms with Crippen molar-refractivity contribution in [1.82, 2.24) is 5.32 Å². The highest BCUT2D eigenvalue weighted by Crippen LogP contribution is 2.19. The van der Waals surface area contributed by atoms with E-state index in [1.807, 2.05) is 6.92 Å². The highest BCUT2D eigenvalue weighted by molar-refractivity contribution is 6.30. The molecule has 1 aromatic rings. The maximum Gasteiger partial charge on any atom is 0.320 e. The second-order valence-electron chi connectivity index (χ2n) is 4.68. The van der Waals surface area contributed by atoms with Gasteiger partial charge in [-0.1, -0.05) is 24.9 Å². The first-order chi connectivity index (χ1) is 9.85. The summed E-state index contributed by atoms with van der Waals surface area (Å²) in [5.41, 5.74) is -0.0384. The highest BCUT2D eigenvalue weighted by Gasteiger charge is 2.22. The number of amides is 1. The Balaban J connectivity index is 2.70. The molecule has 7 heteroatoms. The van der Waals surface area contributed by atoms with Gasteiger partial charge in [-0.05, 0) is 31.5 Å². The molecule has 0 aromatic heterocycles. The third-order valence-electron chi connectivity index (χ3n) is 2.91. The molecule has 0 saturated carbocycles. The maximum absolute atomic E-state index is 13.5. The van der Waals surface area contributed by atoms with Crippen LogP contribution in [0.15, 0.2) is 18.2 Å². The number of hydrogen-bond donors (Lipinski definition) is 3.